The van der Waals surface area contributed by atoms with Crippen molar-refractivity contribution in [2.45, 2.75) is 31.2 Å². The van der Waals surface area contributed by atoms with E-state index in [1.54, 1.807) is 23.4 Å². The van der Waals surface area contributed by atoms with E-state index >= 15 is 0 Å². The third kappa shape index (κ3) is 3.18. The predicted octanol–water partition coefficient (Wildman–Crippen LogP) is 0.911. The molecule has 1 unspecified atom stereocenters. The van der Waals surface area contributed by atoms with Crippen LogP contribution in [0.15, 0.2) is 46.1 Å². The SMILES string of the molecule is O=C1NCCCOc2ccc(F)cc2[C@@H]2C[C@@H](O)CN2C2=NC3C1=C=NN3C=C2. The van der Waals surface area contributed by atoms with Gasteiger partial charge in [0.25, 0.3) is 5.91 Å². The number of aliphatic hydroxyl groups is 1. The van der Waals surface area contributed by atoms with Gasteiger partial charge in [0.1, 0.15) is 23.0 Å². The second kappa shape index (κ2) is 7.02. The first kappa shape index (κ1) is 17.9. The van der Waals surface area contributed by atoms with E-state index in [4.69, 9.17) is 9.73 Å². The molecule has 8 nitrogen and oxygen atoms in total. The van der Waals surface area contributed by atoms with Crippen LogP contribution in [0.25, 0.3) is 0 Å². The average molecular weight is 397 g/mol. The Labute approximate surface area is 166 Å². The number of aliphatic hydroxyl groups excluding tert-OH is 1. The number of rotatable bonds is 0. The average Bonchev–Trinajstić information content (AvgIpc) is 3.31. The summed E-state index contributed by atoms with van der Waals surface area (Å²) in [5.41, 5.74) is 1.02. The molecule has 0 aliphatic carbocycles. The zero-order valence-corrected chi connectivity index (χ0v) is 15.6. The highest BCUT2D eigenvalue weighted by Gasteiger charge is 2.39. The maximum atomic E-state index is 14.1. The molecule has 1 amide bonds. The van der Waals surface area contributed by atoms with Crippen molar-refractivity contribution in [3.63, 3.8) is 0 Å². The quantitative estimate of drug-likeness (QED) is 0.679. The lowest BCUT2D eigenvalue weighted by Crippen LogP contribution is -2.40. The topological polar surface area (TPSA) is 89.8 Å². The fraction of sp³-hybridized carbons (Fsp3) is 0.400. The minimum Gasteiger partial charge on any atom is -0.493 e. The Kier molecular flexibility index (Phi) is 4.34. The highest BCUT2D eigenvalue weighted by molar-refractivity contribution is 6.05. The van der Waals surface area contributed by atoms with E-state index in [2.05, 4.69) is 16.3 Å². The number of hydrogen-bond donors (Lipinski definition) is 2. The molecule has 150 valence electrons. The summed E-state index contributed by atoms with van der Waals surface area (Å²) in [6, 6.07) is 4.14. The molecule has 1 aromatic rings. The number of nitrogens with zero attached hydrogens (tertiary/aromatic N) is 4. The standard InChI is InChI=1S/C20H20FN5O3/c21-12-2-3-17-14(8-12)16-9-13(27)11-25(16)18-4-6-26-19(24-18)15(10-23-26)20(28)22-5-1-7-29-17/h2-4,6,8,13,16,19,27H,1,5,7,9,11H2,(H,22,28)/t13-,16+,19?/m1/s1. The number of carbonyl (C=O) groups is 1. The van der Waals surface area contributed by atoms with E-state index in [0.717, 1.165) is 0 Å². The van der Waals surface area contributed by atoms with E-state index in [1.807, 2.05) is 4.90 Å². The van der Waals surface area contributed by atoms with E-state index in [0.29, 0.717) is 55.3 Å². The molecule has 5 rings (SSSR count). The first-order valence-corrected chi connectivity index (χ1v) is 9.63. The molecule has 29 heavy (non-hydrogen) atoms. The number of amidine groups is 1. The van der Waals surface area contributed by atoms with Crippen molar-refractivity contribution in [1.29, 1.82) is 0 Å². The number of halogens is 1. The van der Waals surface area contributed by atoms with Crippen LogP contribution in [0.4, 0.5) is 4.39 Å². The molecule has 3 atom stereocenters. The smallest absolute Gasteiger partial charge is 0.260 e. The highest BCUT2D eigenvalue weighted by atomic mass is 19.1. The van der Waals surface area contributed by atoms with E-state index in [-0.39, 0.29) is 17.8 Å². The van der Waals surface area contributed by atoms with Crippen molar-refractivity contribution in [1.82, 2.24) is 15.2 Å². The maximum absolute atomic E-state index is 14.1. The van der Waals surface area contributed by atoms with Crippen LogP contribution in [0, 0.1) is 5.82 Å². The molecule has 4 aliphatic heterocycles. The lowest BCUT2D eigenvalue weighted by atomic mass is 10.0. The molecule has 0 saturated carbocycles. The molecular weight excluding hydrogens is 377 g/mol. The summed E-state index contributed by atoms with van der Waals surface area (Å²) in [7, 11) is 0. The minimum atomic E-state index is -0.598. The lowest BCUT2D eigenvalue weighted by molar-refractivity contribution is -0.117. The third-order valence-electron chi connectivity index (χ3n) is 5.44. The van der Waals surface area contributed by atoms with Crippen LogP contribution in [-0.4, -0.2) is 64.6 Å². The Balaban J connectivity index is 1.58. The molecule has 0 radical (unpaired) electrons. The van der Waals surface area contributed by atoms with Crippen molar-refractivity contribution < 1.29 is 19.0 Å². The first-order chi connectivity index (χ1) is 14.1. The van der Waals surface area contributed by atoms with E-state index in [9.17, 15) is 14.3 Å². The molecule has 0 aromatic heterocycles. The van der Waals surface area contributed by atoms with Crippen molar-refractivity contribution in [2.75, 3.05) is 19.7 Å². The van der Waals surface area contributed by atoms with Gasteiger partial charge in [0.2, 0.25) is 0 Å². The van der Waals surface area contributed by atoms with Crippen molar-refractivity contribution in [2.24, 2.45) is 10.1 Å². The van der Waals surface area contributed by atoms with E-state index < -0.39 is 12.3 Å². The molecule has 2 bridgehead atoms. The second-order valence-corrected chi connectivity index (χ2v) is 7.38. The van der Waals surface area contributed by atoms with Gasteiger partial charge in [0.15, 0.2) is 6.17 Å². The molecule has 1 aromatic carbocycles. The van der Waals surface area contributed by atoms with Crippen LogP contribution >= 0.6 is 0 Å². The Morgan fingerprint density at radius 1 is 1.38 bits per heavy atom. The van der Waals surface area contributed by atoms with Crippen LogP contribution in [0.2, 0.25) is 0 Å². The van der Waals surface area contributed by atoms with Crippen molar-refractivity contribution >= 4 is 17.6 Å². The van der Waals surface area contributed by atoms with Gasteiger partial charge in [0, 0.05) is 30.7 Å². The van der Waals surface area contributed by atoms with Crippen molar-refractivity contribution in [3.8, 4) is 5.75 Å². The Morgan fingerprint density at radius 2 is 2.28 bits per heavy atom. The fourth-order valence-corrected chi connectivity index (χ4v) is 4.07. The number of hydrogen-bond acceptors (Lipinski definition) is 7. The molecule has 2 N–H and O–H groups in total. The molecule has 4 heterocycles. The zero-order chi connectivity index (χ0) is 20.0. The van der Waals surface area contributed by atoms with Crippen LogP contribution in [-0.2, 0) is 4.79 Å². The molecule has 0 spiro atoms. The third-order valence-corrected chi connectivity index (χ3v) is 5.44. The monoisotopic (exact) mass is 397 g/mol. The number of nitrogens with one attached hydrogen (secondary N) is 1. The Bertz CT molecular complexity index is 984. The fourth-order valence-electron chi connectivity index (χ4n) is 4.07. The number of ether oxygens (including phenoxy) is 1. The summed E-state index contributed by atoms with van der Waals surface area (Å²) in [6.07, 6.45) is 3.35. The number of hydrazone groups is 1. The molecule has 1 fully saturated rings. The number of benzene rings is 1. The predicted molar refractivity (Wildman–Crippen MR) is 103 cm³/mol. The van der Waals surface area contributed by atoms with Gasteiger partial charge in [0.05, 0.1) is 18.8 Å². The molecule has 9 heteroatoms. The van der Waals surface area contributed by atoms with Gasteiger partial charge in [-0.2, -0.15) is 0 Å². The van der Waals surface area contributed by atoms with Crippen LogP contribution in [0.5, 0.6) is 5.75 Å². The largest absolute Gasteiger partial charge is 0.493 e. The summed E-state index contributed by atoms with van der Waals surface area (Å²) in [4.78, 5) is 19.2. The Morgan fingerprint density at radius 3 is 3.17 bits per heavy atom. The summed E-state index contributed by atoms with van der Waals surface area (Å²) in [5.74, 6) is 3.31. The van der Waals surface area contributed by atoms with Gasteiger partial charge >= 0.3 is 0 Å². The van der Waals surface area contributed by atoms with Gasteiger partial charge in [-0.25, -0.2) is 14.4 Å². The Hall–Kier alpha value is -3.16. The molecular formula is C20H20FN5O3. The van der Waals surface area contributed by atoms with Gasteiger partial charge in [-0.05, 0) is 37.1 Å². The van der Waals surface area contributed by atoms with Crippen molar-refractivity contribution in [3.05, 3.63) is 47.4 Å². The highest BCUT2D eigenvalue weighted by Crippen LogP contribution is 2.39. The van der Waals surface area contributed by atoms with Crippen LogP contribution in [0.3, 0.4) is 0 Å². The normalized spacial score (nSPS) is 28.1. The zero-order valence-electron chi connectivity index (χ0n) is 15.6. The summed E-state index contributed by atoms with van der Waals surface area (Å²) < 4.78 is 20.0. The summed E-state index contributed by atoms with van der Waals surface area (Å²) >= 11 is 0. The second-order valence-electron chi connectivity index (χ2n) is 7.38. The maximum Gasteiger partial charge on any atom is 0.260 e. The van der Waals surface area contributed by atoms with Crippen LogP contribution in [0.1, 0.15) is 24.4 Å². The van der Waals surface area contributed by atoms with Gasteiger partial charge in [-0.1, -0.05) is 0 Å². The van der Waals surface area contributed by atoms with Gasteiger partial charge < -0.3 is 20.1 Å². The number of carbonyl (C=O) groups excluding carboxylic acids is 1. The van der Waals surface area contributed by atoms with Crippen LogP contribution < -0.4 is 10.1 Å². The molecule has 1 saturated heterocycles. The van der Waals surface area contributed by atoms with E-state index in [1.165, 1.54) is 12.1 Å². The number of aliphatic imine (C=N–C) groups is 1. The summed E-state index contributed by atoms with van der Waals surface area (Å²) in [5, 5.41) is 18.9. The number of fused-ring (bicyclic) bond motifs is 4. The summed E-state index contributed by atoms with van der Waals surface area (Å²) in [6.45, 7) is 1.15. The molecule has 4 aliphatic rings. The lowest BCUT2D eigenvalue weighted by Gasteiger charge is -2.32. The number of amides is 1. The minimum absolute atomic E-state index is 0.266. The van der Waals surface area contributed by atoms with Gasteiger partial charge in [-0.3, -0.25) is 4.79 Å². The first-order valence-electron chi connectivity index (χ1n) is 9.63. The van der Waals surface area contributed by atoms with Gasteiger partial charge in [-0.15, -0.1) is 5.10 Å².